The molecular formula is C11H16ClI2NO2. The number of nitrogens with two attached hydrogens (primary N) is 1. The zero-order valence-corrected chi connectivity index (χ0v) is 14.7. The van der Waals surface area contributed by atoms with Crippen molar-refractivity contribution in [2.45, 2.75) is 19.9 Å². The highest BCUT2D eigenvalue weighted by Crippen LogP contribution is 2.35. The summed E-state index contributed by atoms with van der Waals surface area (Å²) in [6.45, 7) is 3.87. The SMILES string of the molecule is CC(C)(CO)[C@@H](N)c1cc(I)c(O)c(I)c1.Cl. The van der Waals surface area contributed by atoms with Crippen molar-refractivity contribution in [1.29, 1.82) is 0 Å². The van der Waals surface area contributed by atoms with Crippen molar-refractivity contribution in [2.75, 3.05) is 6.61 Å². The molecule has 0 heterocycles. The van der Waals surface area contributed by atoms with Crippen LogP contribution >= 0.6 is 57.6 Å². The Kier molecular flexibility index (Phi) is 7.01. The van der Waals surface area contributed by atoms with Gasteiger partial charge in [0.25, 0.3) is 0 Å². The lowest BCUT2D eigenvalue weighted by molar-refractivity contribution is 0.132. The summed E-state index contributed by atoms with van der Waals surface area (Å²) in [5, 5.41) is 19.0. The van der Waals surface area contributed by atoms with Crippen LogP contribution in [0.4, 0.5) is 0 Å². The van der Waals surface area contributed by atoms with E-state index in [4.69, 9.17) is 5.73 Å². The molecule has 1 rings (SSSR count). The smallest absolute Gasteiger partial charge is 0.142 e. The fourth-order valence-corrected chi connectivity index (χ4v) is 3.13. The summed E-state index contributed by atoms with van der Waals surface area (Å²) in [6.07, 6.45) is 0. The standard InChI is InChI=1S/C11H15I2NO2.ClH/c1-11(2,5-15)10(14)6-3-7(12)9(16)8(13)4-6;/h3-4,10,15-16H,5,14H2,1-2H3;1H/t10-;/m0./s1. The molecule has 0 bridgehead atoms. The number of rotatable bonds is 3. The summed E-state index contributed by atoms with van der Waals surface area (Å²) >= 11 is 4.15. The average Bonchev–Trinajstić information content (AvgIpc) is 2.24. The summed E-state index contributed by atoms with van der Waals surface area (Å²) in [4.78, 5) is 0. The molecule has 0 amide bonds. The predicted octanol–water partition coefficient (Wildman–Crippen LogP) is 3.04. The van der Waals surface area contributed by atoms with Crippen molar-refractivity contribution in [3.05, 3.63) is 24.8 Å². The minimum Gasteiger partial charge on any atom is -0.506 e. The van der Waals surface area contributed by atoms with Crippen LogP contribution in [-0.2, 0) is 0 Å². The van der Waals surface area contributed by atoms with Gasteiger partial charge in [-0.25, -0.2) is 0 Å². The molecule has 1 aromatic carbocycles. The first kappa shape index (κ1) is 17.7. The molecule has 1 atom stereocenters. The third-order valence-electron chi connectivity index (χ3n) is 2.65. The van der Waals surface area contributed by atoms with E-state index in [0.29, 0.717) is 5.75 Å². The van der Waals surface area contributed by atoms with Gasteiger partial charge in [0.05, 0.1) is 7.14 Å². The number of aliphatic hydroxyl groups is 1. The van der Waals surface area contributed by atoms with E-state index in [0.717, 1.165) is 12.7 Å². The van der Waals surface area contributed by atoms with E-state index in [1.54, 1.807) is 0 Å². The Hall–Kier alpha value is 0.690. The molecule has 0 aromatic heterocycles. The largest absolute Gasteiger partial charge is 0.506 e. The second-order valence-electron chi connectivity index (χ2n) is 4.46. The lowest BCUT2D eigenvalue weighted by atomic mass is 9.82. The molecular weight excluding hydrogens is 467 g/mol. The summed E-state index contributed by atoms with van der Waals surface area (Å²) in [6, 6.07) is 3.47. The van der Waals surface area contributed by atoms with Crippen LogP contribution in [0.3, 0.4) is 0 Å². The summed E-state index contributed by atoms with van der Waals surface area (Å²) in [5.74, 6) is 0.291. The molecule has 0 aliphatic rings. The average molecular weight is 484 g/mol. The fourth-order valence-electron chi connectivity index (χ4n) is 1.31. The second kappa shape index (κ2) is 6.74. The molecule has 1 aromatic rings. The number of hydrogen-bond acceptors (Lipinski definition) is 3. The van der Waals surface area contributed by atoms with Gasteiger partial charge in [0.1, 0.15) is 5.75 Å². The normalized spacial score (nSPS) is 13.1. The van der Waals surface area contributed by atoms with Crippen molar-refractivity contribution >= 4 is 57.6 Å². The molecule has 98 valence electrons. The Bertz CT molecular complexity index is 376. The van der Waals surface area contributed by atoms with Gasteiger partial charge in [0.15, 0.2) is 0 Å². The van der Waals surface area contributed by atoms with Crippen LogP contribution in [0, 0.1) is 12.6 Å². The molecule has 0 spiro atoms. The summed E-state index contributed by atoms with van der Waals surface area (Å²) < 4.78 is 1.56. The zero-order valence-electron chi connectivity index (χ0n) is 9.58. The molecule has 0 radical (unpaired) electrons. The van der Waals surface area contributed by atoms with Crippen LogP contribution in [0.2, 0.25) is 0 Å². The maximum absolute atomic E-state index is 9.67. The summed E-state index contributed by atoms with van der Waals surface area (Å²) in [5.41, 5.74) is 6.69. The number of halogens is 3. The third-order valence-corrected chi connectivity index (χ3v) is 4.29. The van der Waals surface area contributed by atoms with Gasteiger partial charge in [-0.1, -0.05) is 13.8 Å². The van der Waals surface area contributed by atoms with E-state index in [9.17, 15) is 10.2 Å². The van der Waals surface area contributed by atoms with Gasteiger partial charge in [-0.15, -0.1) is 12.4 Å². The molecule has 17 heavy (non-hydrogen) atoms. The van der Waals surface area contributed by atoms with Crippen LogP contribution in [0.15, 0.2) is 12.1 Å². The van der Waals surface area contributed by atoms with Crippen molar-refractivity contribution in [3.63, 3.8) is 0 Å². The molecule has 0 fully saturated rings. The molecule has 6 heteroatoms. The van der Waals surface area contributed by atoms with Crippen molar-refractivity contribution in [1.82, 2.24) is 0 Å². The Labute approximate surface area is 135 Å². The van der Waals surface area contributed by atoms with E-state index < -0.39 is 0 Å². The zero-order chi connectivity index (χ0) is 12.5. The minimum atomic E-state index is -0.372. The van der Waals surface area contributed by atoms with Gasteiger partial charge in [0.2, 0.25) is 0 Å². The first-order valence-electron chi connectivity index (χ1n) is 4.84. The quantitative estimate of drug-likeness (QED) is 0.579. The molecule has 0 saturated heterocycles. The lowest BCUT2D eigenvalue weighted by Crippen LogP contribution is -2.32. The Balaban J connectivity index is 0.00000256. The highest BCUT2D eigenvalue weighted by molar-refractivity contribution is 14.1. The number of aliphatic hydroxyl groups excluding tert-OH is 1. The number of hydrogen-bond donors (Lipinski definition) is 3. The van der Waals surface area contributed by atoms with E-state index >= 15 is 0 Å². The van der Waals surface area contributed by atoms with Crippen LogP contribution < -0.4 is 5.73 Å². The topological polar surface area (TPSA) is 66.5 Å². The van der Waals surface area contributed by atoms with Gasteiger partial charge in [-0.3, -0.25) is 0 Å². The van der Waals surface area contributed by atoms with Gasteiger partial charge >= 0.3 is 0 Å². The van der Waals surface area contributed by atoms with Crippen LogP contribution in [0.25, 0.3) is 0 Å². The molecule has 0 unspecified atom stereocenters. The van der Waals surface area contributed by atoms with E-state index in [-0.39, 0.29) is 30.5 Å². The first-order chi connectivity index (χ1) is 7.29. The van der Waals surface area contributed by atoms with Gasteiger partial charge in [-0.2, -0.15) is 0 Å². The Morgan fingerprint density at radius 1 is 1.29 bits per heavy atom. The van der Waals surface area contributed by atoms with Gasteiger partial charge in [-0.05, 0) is 62.9 Å². The maximum Gasteiger partial charge on any atom is 0.142 e. The first-order valence-corrected chi connectivity index (χ1v) is 6.99. The van der Waals surface area contributed by atoms with Crippen LogP contribution in [0.1, 0.15) is 25.5 Å². The van der Waals surface area contributed by atoms with E-state index in [1.807, 2.05) is 26.0 Å². The highest BCUT2D eigenvalue weighted by atomic mass is 127. The second-order valence-corrected chi connectivity index (χ2v) is 6.78. The van der Waals surface area contributed by atoms with Gasteiger partial charge in [0, 0.05) is 18.1 Å². The van der Waals surface area contributed by atoms with E-state index in [2.05, 4.69) is 45.2 Å². The molecule has 0 saturated carbocycles. The van der Waals surface area contributed by atoms with Crippen LogP contribution in [0.5, 0.6) is 5.75 Å². The lowest BCUT2D eigenvalue weighted by Gasteiger charge is -2.30. The maximum atomic E-state index is 9.67. The number of phenolic OH excluding ortho intramolecular Hbond substituents is 1. The molecule has 0 aliphatic heterocycles. The third kappa shape index (κ3) is 4.09. The number of benzene rings is 1. The number of phenols is 1. The predicted molar refractivity (Wildman–Crippen MR) is 88.6 cm³/mol. The Morgan fingerprint density at radius 3 is 2.06 bits per heavy atom. The minimum absolute atomic E-state index is 0. The van der Waals surface area contributed by atoms with Crippen molar-refractivity contribution in [3.8, 4) is 5.75 Å². The highest BCUT2D eigenvalue weighted by Gasteiger charge is 2.27. The van der Waals surface area contributed by atoms with Crippen LogP contribution in [-0.4, -0.2) is 16.8 Å². The monoisotopic (exact) mass is 483 g/mol. The van der Waals surface area contributed by atoms with E-state index in [1.165, 1.54) is 0 Å². The summed E-state index contributed by atoms with van der Waals surface area (Å²) in [7, 11) is 0. The molecule has 3 nitrogen and oxygen atoms in total. The van der Waals surface area contributed by atoms with Crippen molar-refractivity contribution in [2.24, 2.45) is 11.1 Å². The molecule has 0 aliphatic carbocycles. The molecule has 4 N–H and O–H groups in total. The number of aromatic hydroxyl groups is 1. The Morgan fingerprint density at radius 2 is 1.71 bits per heavy atom. The van der Waals surface area contributed by atoms with Gasteiger partial charge < -0.3 is 15.9 Å². The van der Waals surface area contributed by atoms with Crippen molar-refractivity contribution < 1.29 is 10.2 Å². The fraction of sp³-hybridized carbons (Fsp3) is 0.455.